The van der Waals surface area contributed by atoms with Crippen molar-refractivity contribution < 1.29 is 19.1 Å². The molecule has 214 valence electrons. The number of carbonyl (C=O) groups excluding carboxylic acids is 3. The van der Waals surface area contributed by atoms with Crippen LogP contribution >= 0.6 is 0 Å². The van der Waals surface area contributed by atoms with Crippen molar-refractivity contribution in [1.82, 2.24) is 10.2 Å². The molecule has 0 aromatic heterocycles. The van der Waals surface area contributed by atoms with Gasteiger partial charge in [-0.2, -0.15) is 0 Å². The third kappa shape index (κ3) is 19.3. The van der Waals surface area contributed by atoms with Crippen LogP contribution in [-0.4, -0.2) is 49.4 Å². The lowest BCUT2D eigenvalue weighted by atomic mass is 9.96. The molecule has 0 saturated carbocycles. The number of hydrogen-bond acceptors (Lipinski definition) is 4. The fourth-order valence-corrected chi connectivity index (χ4v) is 3.87. The number of piperidine rings is 1. The number of ether oxygens (including phenoxy) is 1. The number of amides is 2. The molecule has 6 heteroatoms. The highest BCUT2D eigenvalue weighted by Crippen LogP contribution is 2.16. The van der Waals surface area contributed by atoms with Crippen LogP contribution in [0.25, 0.3) is 0 Å². The van der Waals surface area contributed by atoms with E-state index in [2.05, 4.69) is 89.9 Å². The molecule has 0 aromatic rings. The summed E-state index contributed by atoms with van der Waals surface area (Å²) >= 11 is 0. The summed E-state index contributed by atoms with van der Waals surface area (Å²) in [6, 6.07) is 0. The van der Waals surface area contributed by atoms with E-state index in [0.29, 0.717) is 32.0 Å². The molecule has 0 bridgehead atoms. The third-order valence-corrected chi connectivity index (χ3v) is 6.21. The van der Waals surface area contributed by atoms with Crippen LogP contribution in [0.2, 0.25) is 0 Å². The summed E-state index contributed by atoms with van der Waals surface area (Å²) in [5, 5.41) is 3.02. The van der Waals surface area contributed by atoms with Crippen molar-refractivity contribution >= 4 is 17.8 Å². The third-order valence-electron chi connectivity index (χ3n) is 6.21. The van der Waals surface area contributed by atoms with Gasteiger partial charge in [-0.1, -0.05) is 79.8 Å². The summed E-state index contributed by atoms with van der Waals surface area (Å²) < 4.78 is 4.50. The Morgan fingerprint density at radius 2 is 1.23 bits per heavy atom. The lowest BCUT2D eigenvalue weighted by Crippen LogP contribution is -2.41. The van der Waals surface area contributed by atoms with E-state index in [4.69, 9.17) is 0 Å². The van der Waals surface area contributed by atoms with E-state index in [-0.39, 0.29) is 11.8 Å². The zero-order chi connectivity index (χ0) is 28.4. The monoisotopic (exact) mass is 536 g/mol. The number of nitrogens with zero attached hydrogens (tertiary/aromatic N) is 1. The summed E-state index contributed by atoms with van der Waals surface area (Å²) in [5.41, 5.74) is 0. The predicted molar refractivity (Wildman–Crippen MR) is 161 cm³/mol. The molecule has 1 heterocycles. The van der Waals surface area contributed by atoms with Gasteiger partial charge in [0.15, 0.2) is 0 Å². The summed E-state index contributed by atoms with van der Waals surface area (Å²) in [4.78, 5) is 37.0. The van der Waals surface area contributed by atoms with Crippen LogP contribution in [0.3, 0.4) is 0 Å². The van der Waals surface area contributed by atoms with Gasteiger partial charge in [0.1, 0.15) is 0 Å². The molecule has 1 rings (SSSR count). The molecule has 0 atom stereocenters. The molecule has 1 saturated heterocycles. The van der Waals surface area contributed by atoms with Crippen molar-refractivity contribution in [3.05, 3.63) is 85.1 Å². The average molecular weight is 537 g/mol. The van der Waals surface area contributed by atoms with Gasteiger partial charge in [-0.3, -0.25) is 9.59 Å². The summed E-state index contributed by atoms with van der Waals surface area (Å²) in [6.45, 7) is 4.05. The summed E-state index contributed by atoms with van der Waals surface area (Å²) in [6.07, 6.45) is 37.2. The van der Waals surface area contributed by atoms with E-state index < -0.39 is 5.97 Å². The molecule has 6 nitrogen and oxygen atoms in total. The van der Waals surface area contributed by atoms with E-state index in [0.717, 1.165) is 63.9 Å². The van der Waals surface area contributed by atoms with Crippen LogP contribution in [0.15, 0.2) is 85.1 Å². The Morgan fingerprint density at radius 3 is 1.72 bits per heavy atom. The number of nitrogens with one attached hydrogen (secondary N) is 1. The molecule has 1 N–H and O–H groups in total. The Labute approximate surface area is 235 Å². The number of carbonyl (C=O) groups is 3. The van der Waals surface area contributed by atoms with Crippen molar-refractivity contribution in [3.63, 3.8) is 0 Å². The second kappa shape index (κ2) is 23.7. The van der Waals surface area contributed by atoms with E-state index in [9.17, 15) is 14.4 Å². The van der Waals surface area contributed by atoms with Crippen LogP contribution < -0.4 is 5.32 Å². The van der Waals surface area contributed by atoms with Crippen LogP contribution in [0, 0.1) is 5.92 Å². The molecule has 0 aliphatic carbocycles. The standard InChI is InChI=1S/C33H48N2O4/c1-3-4-5-6-7-8-9-10-11-12-13-14-15-16-17-18-19-20-21-22-31(36)34-29-30-25-27-35(28-26-30)32(37)23-24-33(38)39-2/h4-5,7-8,10-11,13-14,16-17,19-20,23-24,30H,3,6,9,12,15,18,21-22,25-29H2,1-2H3,(H,34,36)/b5-4-,8-7-,11-10-,14-13-,17-16-,20-19-,24-23+. The molecular formula is C33H48N2O4. The molecule has 0 spiro atoms. The Balaban J connectivity index is 2.03. The molecule has 1 fully saturated rings. The lowest BCUT2D eigenvalue weighted by molar-refractivity contribution is -0.135. The van der Waals surface area contributed by atoms with Gasteiger partial charge in [-0.05, 0) is 63.7 Å². The average Bonchev–Trinajstić information content (AvgIpc) is 2.96. The molecule has 2 amide bonds. The Bertz CT molecular complexity index is 901. The fraction of sp³-hybridized carbons (Fsp3) is 0.485. The largest absolute Gasteiger partial charge is 0.466 e. The minimum absolute atomic E-state index is 0.0639. The maximum atomic E-state index is 12.1. The van der Waals surface area contributed by atoms with E-state index >= 15 is 0 Å². The molecule has 0 aromatic carbocycles. The number of allylic oxidation sites excluding steroid dienone is 12. The first-order valence-corrected chi connectivity index (χ1v) is 14.3. The van der Waals surface area contributed by atoms with Crippen LogP contribution in [-0.2, 0) is 19.1 Å². The number of hydrogen-bond donors (Lipinski definition) is 1. The van der Waals surface area contributed by atoms with Gasteiger partial charge in [0.25, 0.3) is 0 Å². The molecule has 1 aliphatic heterocycles. The summed E-state index contributed by atoms with van der Waals surface area (Å²) in [5.74, 6) is -0.285. The van der Waals surface area contributed by atoms with Gasteiger partial charge in [0, 0.05) is 38.2 Å². The summed E-state index contributed by atoms with van der Waals surface area (Å²) in [7, 11) is 1.28. The van der Waals surface area contributed by atoms with Crippen LogP contribution in [0.5, 0.6) is 0 Å². The smallest absolute Gasteiger partial charge is 0.330 e. The number of rotatable bonds is 18. The highest BCUT2D eigenvalue weighted by molar-refractivity contribution is 5.94. The fourth-order valence-electron chi connectivity index (χ4n) is 3.87. The topological polar surface area (TPSA) is 75.7 Å². The normalized spacial score (nSPS) is 15.4. The maximum absolute atomic E-state index is 12.1. The van der Waals surface area contributed by atoms with Gasteiger partial charge in [-0.25, -0.2) is 4.79 Å². The van der Waals surface area contributed by atoms with Crippen molar-refractivity contribution in [2.24, 2.45) is 5.92 Å². The van der Waals surface area contributed by atoms with Gasteiger partial charge in [-0.15, -0.1) is 0 Å². The van der Waals surface area contributed by atoms with Crippen molar-refractivity contribution in [2.75, 3.05) is 26.7 Å². The van der Waals surface area contributed by atoms with Gasteiger partial charge in [0.05, 0.1) is 7.11 Å². The second-order valence-corrected chi connectivity index (χ2v) is 9.38. The van der Waals surface area contributed by atoms with Crippen molar-refractivity contribution in [2.45, 2.75) is 71.1 Å². The molecule has 0 unspecified atom stereocenters. The molecular weight excluding hydrogens is 488 g/mol. The molecule has 0 radical (unpaired) electrons. The van der Waals surface area contributed by atoms with Crippen molar-refractivity contribution in [3.8, 4) is 0 Å². The quantitative estimate of drug-likeness (QED) is 0.122. The van der Waals surface area contributed by atoms with Gasteiger partial charge in [0.2, 0.25) is 11.8 Å². The second-order valence-electron chi connectivity index (χ2n) is 9.38. The van der Waals surface area contributed by atoms with Crippen LogP contribution in [0.1, 0.15) is 71.1 Å². The number of methoxy groups -OCH3 is 1. The highest BCUT2D eigenvalue weighted by atomic mass is 16.5. The van der Waals surface area contributed by atoms with Gasteiger partial charge >= 0.3 is 5.97 Å². The maximum Gasteiger partial charge on any atom is 0.330 e. The molecule has 39 heavy (non-hydrogen) atoms. The van der Waals surface area contributed by atoms with Gasteiger partial charge < -0.3 is 15.0 Å². The first-order chi connectivity index (χ1) is 19.1. The Morgan fingerprint density at radius 1 is 0.744 bits per heavy atom. The van der Waals surface area contributed by atoms with E-state index in [1.165, 1.54) is 13.2 Å². The van der Waals surface area contributed by atoms with Crippen molar-refractivity contribution in [1.29, 1.82) is 0 Å². The highest BCUT2D eigenvalue weighted by Gasteiger charge is 2.22. The van der Waals surface area contributed by atoms with E-state index in [1.807, 2.05) is 0 Å². The lowest BCUT2D eigenvalue weighted by Gasteiger charge is -2.31. The van der Waals surface area contributed by atoms with E-state index in [1.54, 1.807) is 4.90 Å². The Kier molecular flexibility index (Phi) is 20.4. The minimum Gasteiger partial charge on any atom is -0.466 e. The Hall–Kier alpha value is -3.41. The first-order valence-electron chi connectivity index (χ1n) is 14.3. The number of esters is 1. The minimum atomic E-state index is -0.537. The zero-order valence-corrected chi connectivity index (χ0v) is 23.9. The number of likely N-dealkylation sites (tertiary alicyclic amines) is 1. The van der Waals surface area contributed by atoms with Crippen LogP contribution in [0.4, 0.5) is 0 Å². The first kappa shape index (κ1) is 33.6. The zero-order valence-electron chi connectivity index (χ0n) is 23.9. The SMILES string of the molecule is CC/C=C\C/C=C\C/C=C\C/C=C\C/C=C\C/C=C\CCC(=O)NCC1CCN(C(=O)/C=C/C(=O)OC)CC1. The predicted octanol–water partition coefficient (Wildman–Crippen LogP) is 6.55. The molecule has 1 aliphatic rings.